The number of nitro groups is 1. The van der Waals surface area contributed by atoms with E-state index >= 15 is 0 Å². The number of nitrogens with zero attached hydrogens (tertiary/aromatic N) is 3. The van der Waals surface area contributed by atoms with Gasteiger partial charge in [0.25, 0.3) is 5.69 Å². The van der Waals surface area contributed by atoms with Gasteiger partial charge in [-0.05, 0) is 43.9 Å². The Bertz CT molecular complexity index is 1210. The first-order valence-electron chi connectivity index (χ1n) is 10.8. The fourth-order valence-corrected chi connectivity index (χ4v) is 3.86. The van der Waals surface area contributed by atoms with E-state index in [1.807, 2.05) is 0 Å². The molecule has 0 aliphatic heterocycles. The lowest BCUT2D eigenvalue weighted by molar-refractivity contribution is -0.384. The molecule has 34 heavy (non-hydrogen) atoms. The van der Waals surface area contributed by atoms with Crippen LogP contribution in [0.1, 0.15) is 32.1 Å². The molecule has 0 saturated heterocycles. The molecule has 1 heterocycles. The van der Waals surface area contributed by atoms with Crippen LogP contribution >= 0.6 is 0 Å². The summed E-state index contributed by atoms with van der Waals surface area (Å²) in [4.78, 5) is 31.7. The summed E-state index contributed by atoms with van der Waals surface area (Å²) in [7, 11) is 3.02. The molecule has 178 valence electrons. The highest BCUT2D eigenvalue weighted by atomic mass is 16.6. The first-order valence-corrected chi connectivity index (χ1v) is 10.8. The van der Waals surface area contributed by atoms with E-state index in [4.69, 9.17) is 18.9 Å². The van der Waals surface area contributed by atoms with Gasteiger partial charge in [-0.1, -0.05) is 6.42 Å². The monoisotopic (exact) mass is 468 g/mol. The zero-order valence-corrected chi connectivity index (χ0v) is 18.8. The number of rotatable bonds is 7. The van der Waals surface area contributed by atoms with Crippen LogP contribution in [0.3, 0.4) is 0 Å². The number of anilines is 1. The summed E-state index contributed by atoms with van der Waals surface area (Å²) in [5.41, 5.74) is 0.216. The lowest BCUT2D eigenvalue weighted by Gasteiger charge is -2.21. The summed E-state index contributed by atoms with van der Waals surface area (Å²) < 4.78 is 21.9. The third kappa shape index (κ3) is 5.08. The molecule has 0 spiro atoms. The number of methoxy groups -OCH3 is 2. The molecule has 1 saturated carbocycles. The van der Waals surface area contributed by atoms with E-state index in [0.717, 1.165) is 32.1 Å². The van der Waals surface area contributed by atoms with Crippen LogP contribution in [0.2, 0.25) is 0 Å². The Morgan fingerprint density at radius 1 is 1.06 bits per heavy atom. The smallest absolute Gasteiger partial charge is 0.412 e. The lowest BCUT2D eigenvalue weighted by atomic mass is 9.98. The topological polar surface area (TPSA) is 135 Å². The van der Waals surface area contributed by atoms with Gasteiger partial charge in [-0.25, -0.2) is 14.8 Å². The average molecular weight is 468 g/mol. The van der Waals surface area contributed by atoms with Crippen molar-refractivity contribution in [2.75, 3.05) is 19.5 Å². The maximum atomic E-state index is 12.3. The highest BCUT2D eigenvalue weighted by Crippen LogP contribution is 2.37. The fourth-order valence-electron chi connectivity index (χ4n) is 3.86. The summed E-state index contributed by atoms with van der Waals surface area (Å²) in [6, 6.07) is 7.44. The second-order valence-corrected chi connectivity index (χ2v) is 7.73. The quantitative estimate of drug-likeness (QED) is 0.365. The van der Waals surface area contributed by atoms with E-state index in [1.165, 1.54) is 38.7 Å². The van der Waals surface area contributed by atoms with Crippen molar-refractivity contribution in [1.82, 2.24) is 9.97 Å². The minimum absolute atomic E-state index is 0.0112. The van der Waals surface area contributed by atoms with Crippen molar-refractivity contribution < 1.29 is 28.7 Å². The highest BCUT2D eigenvalue weighted by molar-refractivity contribution is 5.89. The Balaban J connectivity index is 1.57. The van der Waals surface area contributed by atoms with Crippen LogP contribution in [-0.2, 0) is 4.74 Å². The Morgan fingerprint density at radius 3 is 2.50 bits per heavy atom. The van der Waals surface area contributed by atoms with Crippen LogP contribution in [0, 0.1) is 10.1 Å². The van der Waals surface area contributed by atoms with Gasteiger partial charge in [0.15, 0.2) is 11.5 Å². The standard InChI is InChI=1S/C23H24N4O7/c1-31-20-11-16-18(12-21(20)32-2)24-13-25-22(16)33-15-8-9-17(19(10-15)27(29)30)26-23(28)34-14-6-4-3-5-7-14/h8-14H,3-7H2,1-2H3,(H,26,28). The predicted octanol–water partition coefficient (Wildman–Crippen LogP) is 5.23. The van der Waals surface area contributed by atoms with Gasteiger partial charge in [0.2, 0.25) is 5.88 Å². The van der Waals surface area contributed by atoms with Gasteiger partial charge in [0.1, 0.15) is 23.9 Å². The minimum atomic E-state index is -0.716. The Hall–Kier alpha value is -4.15. The van der Waals surface area contributed by atoms with Gasteiger partial charge in [-0.2, -0.15) is 0 Å². The fraction of sp³-hybridized carbons (Fsp3) is 0.348. The van der Waals surface area contributed by atoms with Crippen molar-refractivity contribution in [2.24, 2.45) is 0 Å². The molecule has 4 rings (SSSR count). The normalized spacial score (nSPS) is 13.8. The number of carbonyl (C=O) groups excluding carboxylic acids is 1. The van der Waals surface area contributed by atoms with E-state index in [-0.39, 0.29) is 29.1 Å². The second kappa shape index (κ2) is 10.2. The van der Waals surface area contributed by atoms with E-state index < -0.39 is 11.0 Å². The summed E-state index contributed by atoms with van der Waals surface area (Å²) in [5, 5.41) is 14.7. The molecule has 1 aliphatic rings. The molecular formula is C23H24N4O7. The molecule has 2 aromatic carbocycles. The molecule has 1 aromatic heterocycles. The van der Waals surface area contributed by atoms with Crippen LogP contribution in [0.25, 0.3) is 10.9 Å². The van der Waals surface area contributed by atoms with Crippen LogP contribution in [0.4, 0.5) is 16.2 Å². The number of hydrogen-bond acceptors (Lipinski definition) is 9. The number of aromatic nitrogens is 2. The van der Waals surface area contributed by atoms with E-state index in [9.17, 15) is 14.9 Å². The van der Waals surface area contributed by atoms with Crippen LogP contribution in [0.15, 0.2) is 36.7 Å². The Kier molecular flexibility index (Phi) is 6.90. The first-order chi connectivity index (χ1) is 16.5. The second-order valence-electron chi connectivity index (χ2n) is 7.73. The maximum Gasteiger partial charge on any atom is 0.412 e. The summed E-state index contributed by atoms with van der Waals surface area (Å²) in [6.07, 6.45) is 5.15. The molecule has 1 fully saturated rings. The van der Waals surface area contributed by atoms with E-state index in [2.05, 4.69) is 15.3 Å². The number of ether oxygens (including phenoxy) is 4. The minimum Gasteiger partial charge on any atom is -0.493 e. The number of benzene rings is 2. The largest absolute Gasteiger partial charge is 0.493 e. The molecule has 1 aliphatic carbocycles. The summed E-state index contributed by atoms with van der Waals surface area (Å²) in [6.45, 7) is 0. The SMILES string of the molecule is COc1cc2ncnc(Oc3ccc(NC(=O)OC4CCCCC4)c([N+](=O)[O-])c3)c2cc1OC. The molecule has 3 aromatic rings. The molecule has 11 nitrogen and oxygen atoms in total. The number of amides is 1. The van der Waals surface area contributed by atoms with Gasteiger partial charge in [0, 0.05) is 6.07 Å². The zero-order chi connectivity index (χ0) is 24.1. The van der Waals surface area contributed by atoms with Gasteiger partial charge >= 0.3 is 6.09 Å². The third-order valence-corrected chi connectivity index (χ3v) is 5.55. The van der Waals surface area contributed by atoms with Crippen LogP contribution < -0.4 is 19.5 Å². The molecular weight excluding hydrogens is 444 g/mol. The zero-order valence-electron chi connectivity index (χ0n) is 18.8. The van der Waals surface area contributed by atoms with E-state index in [1.54, 1.807) is 12.1 Å². The average Bonchev–Trinajstić information content (AvgIpc) is 2.84. The molecule has 1 N–H and O–H groups in total. The Morgan fingerprint density at radius 2 is 1.79 bits per heavy atom. The number of carbonyl (C=O) groups is 1. The molecule has 0 radical (unpaired) electrons. The summed E-state index contributed by atoms with van der Waals surface area (Å²) >= 11 is 0. The molecule has 11 heteroatoms. The predicted molar refractivity (Wildman–Crippen MR) is 123 cm³/mol. The highest BCUT2D eigenvalue weighted by Gasteiger charge is 2.22. The number of nitrogens with one attached hydrogen (secondary N) is 1. The first kappa shape index (κ1) is 23.0. The Labute approximate surface area is 195 Å². The van der Waals surface area contributed by atoms with Crippen molar-refractivity contribution in [2.45, 2.75) is 38.2 Å². The summed E-state index contributed by atoms with van der Waals surface area (Å²) in [5.74, 6) is 1.29. The van der Waals surface area contributed by atoms with Gasteiger partial charge < -0.3 is 18.9 Å². The van der Waals surface area contributed by atoms with Crippen molar-refractivity contribution in [1.29, 1.82) is 0 Å². The van der Waals surface area contributed by atoms with Crippen molar-refractivity contribution in [3.8, 4) is 23.1 Å². The van der Waals surface area contributed by atoms with Gasteiger partial charge in [-0.3, -0.25) is 15.4 Å². The lowest BCUT2D eigenvalue weighted by Crippen LogP contribution is -2.24. The van der Waals surface area contributed by atoms with Crippen LogP contribution in [0.5, 0.6) is 23.1 Å². The van der Waals surface area contributed by atoms with E-state index in [0.29, 0.717) is 22.4 Å². The third-order valence-electron chi connectivity index (χ3n) is 5.55. The maximum absolute atomic E-state index is 12.3. The molecule has 0 atom stereocenters. The number of hydrogen-bond donors (Lipinski definition) is 1. The molecule has 0 unspecified atom stereocenters. The molecule has 1 amide bonds. The number of fused-ring (bicyclic) bond motifs is 1. The molecule has 0 bridgehead atoms. The van der Waals surface area contributed by atoms with Crippen molar-refractivity contribution in [3.63, 3.8) is 0 Å². The van der Waals surface area contributed by atoms with Gasteiger partial charge in [-0.15, -0.1) is 0 Å². The van der Waals surface area contributed by atoms with Gasteiger partial charge in [0.05, 0.1) is 36.1 Å². The number of nitro benzene ring substituents is 1. The van der Waals surface area contributed by atoms with Crippen LogP contribution in [-0.4, -0.2) is 41.3 Å². The van der Waals surface area contributed by atoms with Crippen molar-refractivity contribution >= 4 is 28.4 Å². The van der Waals surface area contributed by atoms with Crippen molar-refractivity contribution in [3.05, 3.63) is 46.8 Å².